The third kappa shape index (κ3) is 5.73. The van der Waals surface area contributed by atoms with Gasteiger partial charge >= 0.3 is 0 Å². The lowest BCUT2D eigenvalue weighted by Crippen LogP contribution is -2.38. The van der Waals surface area contributed by atoms with Crippen LogP contribution in [0, 0.1) is 0 Å². The SMILES string of the molecule is CCOc1ccc(C(=O)NC(=S)NCc2ccc(-c3ccc(Cl)cc3)o2)cc1Cl. The molecule has 3 aromatic rings. The highest BCUT2D eigenvalue weighted by molar-refractivity contribution is 7.80. The maximum absolute atomic E-state index is 12.3. The third-order valence-electron chi connectivity index (χ3n) is 3.93. The molecule has 29 heavy (non-hydrogen) atoms. The topological polar surface area (TPSA) is 63.5 Å². The number of hydrogen-bond acceptors (Lipinski definition) is 4. The molecule has 0 aliphatic rings. The first kappa shape index (κ1) is 21.2. The van der Waals surface area contributed by atoms with Gasteiger partial charge in [0.1, 0.15) is 17.3 Å². The van der Waals surface area contributed by atoms with Crippen LogP contribution in [-0.2, 0) is 6.54 Å². The Kier molecular flexibility index (Phi) is 7.14. The van der Waals surface area contributed by atoms with Crippen LogP contribution in [0.5, 0.6) is 5.75 Å². The molecule has 1 heterocycles. The second-order valence-electron chi connectivity index (χ2n) is 5.99. The summed E-state index contributed by atoms with van der Waals surface area (Å²) in [6, 6.07) is 15.9. The van der Waals surface area contributed by atoms with Gasteiger partial charge in [0.25, 0.3) is 5.91 Å². The van der Waals surface area contributed by atoms with Gasteiger partial charge in [-0.2, -0.15) is 0 Å². The zero-order valence-electron chi connectivity index (χ0n) is 15.5. The van der Waals surface area contributed by atoms with Crippen molar-refractivity contribution in [1.82, 2.24) is 10.6 Å². The van der Waals surface area contributed by atoms with Gasteiger partial charge in [-0.15, -0.1) is 0 Å². The predicted molar refractivity (Wildman–Crippen MR) is 119 cm³/mol. The minimum atomic E-state index is -0.367. The van der Waals surface area contributed by atoms with Crippen LogP contribution in [0.3, 0.4) is 0 Å². The van der Waals surface area contributed by atoms with E-state index in [0.717, 1.165) is 11.3 Å². The van der Waals surface area contributed by atoms with E-state index in [-0.39, 0.29) is 11.0 Å². The molecule has 150 valence electrons. The molecule has 0 unspecified atom stereocenters. The van der Waals surface area contributed by atoms with Crippen LogP contribution in [0.2, 0.25) is 10.0 Å². The molecule has 1 amide bonds. The second kappa shape index (κ2) is 9.78. The highest BCUT2D eigenvalue weighted by Gasteiger charge is 2.12. The van der Waals surface area contributed by atoms with E-state index in [9.17, 15) is 4.79 Å². The lowest BCUT2D eigenvalue weighted by Gasteiger charge is -2.10. The van der Waals surface area contributed by atoms with Gasteiger partial charge in [0.05, 0.1) is 18.2 Å². The normalized spacial score (nSPS) is 10.4. The van der Waals surface area contributed by atoms with Crippen molar-refractivity contribution in [2.24, 2.45) is 0 Å². The summed E-state index contributed by atoms with van der Waals surface area (Å²) in [7, 11) is 0. The Morgan fingerprint density at radius 2 is 1.86 bits per heavy atom. The lowest BCUT2D eigenvalue weighted by atomic mass is 10.2. The third-order valence-corrected chi connectivity index (χ3v) is 4.73. The fourth-order valence-corrected chi connectivity index (χ4v) is 3.07. The van der Waals surface area contributed by atoms with E-state index in [4.69, 9.17) is 44.6 Å². The quantitative estimate of drug-likeness (QED) is 0.490. The van der Waals surface area contributed by atoms with Crippen molar-refractivity contribution in [3.05, 3.63) is 76.0 Å². The Morgan fingerprint density at radius 3 is 2.55 bits per heavy atom. The molecule has 0 saturated heterocycles. The molecular weight excluding hydrogens is 431 g/mol. The molecule has 0 radical (unpaired) electrons. The monoisotopic (exact) mass is 448 g/mol. The molecular formula is C21H18Cl2N2O3S. The Balaban J connectivity index is 1.54. The van der Waals surface area contributed by atoms with Crippen molar-refractivity contribution in [2.45, 2.75) is 13.5 Å². The number of nitrogens with one attached hydrogen (secondary N) is 2. The number of benzene rings is 2. The van der Waals surface area contributed by atoms with E-state index in [1.54, 1.807) is 24.3 Å². The molecule has 0 saturated carbocycles. The standard InChI is InChI=1S/C21H18Cl2N2O3S/c1-2-27-19-9-5-14(11-17(19)23)20(26)25-21(29)24-12-16-8-10-18(28-16)13-3-6-15(22)7-4-13/h3-11H,2,12H2,1H3,(H2,24,25,26,29). The first-order valence-corrected chi connectivity index (χ1v) is 9.99. The van der Waals surface area contributed by atoms with Crippen LogP contribution in [0.4, 0.5) is 0 Å². The molecule has 5 nitrogen and oxygen atoms in total. The smallest absolute Gasteiger partial charge is 0.257 e. The van der Waals surface area contributed by atoms with Gasteiger partial charge in [-0.05, 0) is 73.7 Å². The molecule has 2 N–H and O–H groups in total. The van der Waals surface area contributed by atoms with Gasteiger partial charge in [0.15, 0.2) is 5.11 Å². The fourth-order valence-electron chi connectivity index (χ4n) is 2.54. The van der Waals surface area contributed by atoms with E-state index in [2.05, 4.69) is 10.6 Å². The minimum Gasteiger partial charge on any atom is -0.492 e. The summed E-state index contributed by atoms with van der Waals surface area (Å²) < 4.78 is 11.2. The minimum absolute atomic E-state index is 0.185. The molecule has 0 atom stereocenters. The number of amides is 1. The van der Waals surface area contributed by atoms with E-state index >= 15 is 0 Å². The van der Waals surface area contributed by atoms with Gasteiger partial charge in [0.2, 0.25) is 0 Å². The number of halogens is 2. The van der Waals surface area contributed by atoms with Crippen molar-refractivity contribution in [2.75, 3.05) is 6.61 Å². The Labute approximate surface area is 184 Å². The fraction of sp³-hybridized carbons (Fsp3) is 0.143. The number of thiocarbonyl (C=S) groups is 1. The van der Waals surface area contributed by atoms with Crippen LogP contribution in [0.25, 0.3) is 11.3 Å². The van der Waals surface area contributed by atoms with Gasteiger partial charge < -0.3 is 14.5 Å². The van der Waals surface area contributed by atoms with Crippen molar-refractivity contribution in [3.63, 3.8) is 0 Å². The van der Waals surface area contributed by atoms with Gasteiger partial charge in [0, 0.05) is 16.1 Å². The summed E-state index contributed by atoms with van der Waals surface area (Å²) in [6.07, 6.45) is 0. The highest BCUT2D eigenvalue weighted by Crippen LogP contribution is 2.25. The molecule has 2 aromatic carbocycles. The largest absolute Gasteiger partial charge is 0.492 e. The maximum atomic E-state index is 12.3. The molecule has 0 bridgehead atoms. The van der Waals surface area contributed by atoms with Crippen molar-refractivity contribution >= 4 is 46.4 Å². The molecule has 0 spiro atoms. The molecule has 0 fully saturated rings. The summed E-state index contributed by atoms with van der Waals surface area (Å²) in [6.45, 7) is 2.68. The zero-order valence-corrected chi connectivity index (χ0v) is 17.8. The molecule has 8 heteroatoms. The van der Waals surface area contributed by atoms with E-state index in [0.29, 0.717) is 40.3 Å². The lowest BCUT2D eigenvalue weighted by molar-refractivity contribution is 0.0976. The maximum Gasteiger partial charge on any atom is 0.257 e. The number of rotatable bonds is 6. The van der Waals surface area contributed by atoms with Crippen LogP contribution in [0.15, 0.2) is 59.0 Å². The highest BCUT2D eigenvalue weighted by atomic mass is 35.5. The molecule has 0 aliphatic heterocycles. The Morgan fingerprint density at radius 1 is 1.10 bits per heavy atom. The Bertz CT molecular complexity index is 1020. The number of carbonyl (C=O) groups is 1. The molecule has 1 aromatic heterocycles. The van der Waals surface area contributed by atoms with E-state index in [1.165, 1.54) is 6.07 Å². The zero-order chi connectivity index (χ0) is 20.8. The summed E-state index contributed by atoms with van der Waals surface area (Å²) in [5.41, 5.74) is 1.30. The Hall–Kier alpha value is -2.54. The van der Waals surface area contributed by atoms with Crippen LogP contribution in [-0.4, -0.2) is 17.6 Å². The summed E-state index contributed by atoms with van der Waals surface area (Å²) in [4.78, 5) is 12.3. The van der Waals surface area contributed by atoms with Crippen molar-refractivity contribution < 1.29 is 13.9 Å². The van der Waals surface area contributed by atoms with Crippen LogP contribution >= 0.6 is 35.4 Å². The number of hydrogen-bond donors (Lipinski definition) is 2. The van der Waals surface area contributed by atoms with Crippen molar-refractivity contribution in [3.8, 4) is 17.1 Å². The first-order valence-electron chi connectivity index (χ1n) is 8.82. The average molecular weight is 449 g/mol. The molecule has 0 aliphatic carbocycles. The van der Waals surface area contributed by atoms with E-state index in [1.807, 2.05) is 31.2 Å². The summed E-state index contributed by atoms with van der Waals surface area (Å²) >= 11 is 17.2. The van der Waals surface area contributed by atoms with Gasteiger partial charge in [-0.25, -0.2) is 0 Å². The van der Waals surface area contributed by atoms with Crippen molar-refractivity contribution in [1.29, 1.82) is 0 Å². The average Bonchev–Trinajstić information content (AvgIpc) is 3.17. The van der Waals surface area contributed by atoms with Crippen LogP contribution < -0.4 is 15.4 Å². The summed E-state index contributed by atoms with van der Waals surface area (Å²) in [5, 5.41) is 6.78. The van der Waals surface area contributed by atoms with Crippen LogP contribution in [0.1, 0.15) is 23.0 Å². The molecule has 3 rings (SSSR count). The second-order valence-corrected chi connectivity index (χ2v) is 7.24. The van der Waals surface area contributed by atoms with E-state index < -0.39 is 0 Å². The number of carbonyl (C=O) groups excluding carboxylic acids is 1. The van der Waals surface area contributed by atoms with Gasteiger partial charge in [-0.3, -0.25) is 10.1 Å². The first-order chi connectivity index (χ1) is 14.0. The van der Waals surface area contributed by atoms with Gasteiger partial charge in [-0.1, -0.05) is 23.2 Å². The predicted octanol–water partition coefficient (Wildman–Crippen LogP) is 5.46. The number of furan rings is 1. The number of ether oxygens (including phenoxy) is 1. The summed E-state index contributed by atoms with van der Waals surface area (Å²) in [5.74, 6) is 1.56.